The SMILES string of the molecule is CNC(CC1CC2CCC1C2)c1csc2c(Br)cccc12. The Balaban J connectivity index is 1.61. The van der Waals surface area contributed by atoms with E-state index in [1.165, 1.54) is 52.2 Å². The van der Waals surface area contributed by atoms with Crippen LogP contribution in [0.25, 0.3) is 10.1 Å². The molecule has 2 fully saturated rings. The summed E-state index contributed by atoms with van der Waals surface area (Å²) in [6.07, 6.45) is 7.29. The molecule has 2 aromatic rings. The van der Waals surface area contributed by atoms with Crippen molar-refractivity contribution in [3.05, 3.63) is 33.6 Å². The molecule has 0 amide bonds. The quantitative estimate of drug-likeness (QED) is 0.728. The summed E-state index contributed by atoms with van der Waals surface area (Å²) in [5.41, 5.74) is 1.50. The molecule has 2 aliphatic carbocycles. The van der Waals surface area contributed by atoms with E-state index >= 15 is 0 Å². The van der Waals surface area contributed by atoms with Gasteiger partial charge in [-0.3, -0.25) is 0 Å². The molecule has 2 aliphatic rings. The fourth-order valence-electron chi connectivity index (χ4n) is 4.68. The van der Waals surface area contributed by atoms with Crippen molar-refractivity contribution in [3.8, 4) is 0 Å². The molecule has 4 atom stereocenters. The minimum atomic E-state index is 0.511. The Morgan fingerprint density at radius 1 is 1.33 bits per heavy atom. The van der Waals surface area contributed by atoms with E-state index in [1.54, 1.807) is 0 Å². The Labute approximate surface area is 139 Å². The van der Waals surface area contributed by atoms with Crippen LogP contribution in [0.2, 0.25) is 0 Å². The predicted octanol–water partition coefficient (Wildman–Crippen LogP) is 5.75. The summed E-state index contributed by atoms with van der Waals surface area (Å²) in [6, 6.07) is 7.09. The topological polar surface area (TPSA) is 12.0 Å². The van der Waals surface area contributed by atoms with E-state index in [0.717, 1.165) is 17.8 Å². The van der Waals surface area contributed by atoms with Gasteiger partial charge in [-0.2, -0.15) is 0 Å². The highest BCUT2D eigenvalue weighted by atomic mass is 79.9. The fraction of sp³-hybridized carbons (Fsp3) is 0.556. The zero-order valence-corrected chi connectivity index (χ0v) is 14.8. The number of fused-ring (bicyclic) bond motifs is 3. The van der Waals surface area contributed by atoms with Crippen LogP contribution in [0.5, 0.6) is 0 Å². The Morgan fingerprint density at radius 2 is 2.24 bits per heavy atom. The average Bonchev–Trinajstić information content (AvgIpc) is 3.20. The molecule has 1 N–H and O–H groups in total. The van der Waals surface area contributed by atoms with E-state index in [0.29, 0.717) is 6.04 Å². The zero-order valence-electron chi connectivity index (χ0n) is 12.4. The molecule has 4 rings (SSSR count). The second-order valence-corrected chi connectivity index (χ2v) is 8.55. The molecule has 1 heterocycles. The lowest BCUT2D eigenvalue weighted by Gasteiger charge is -2.26. The van der Waals surface area contributed by atoms with Crippen molar-refractivity contribution < 1.29 is 0 Å². The molecule has 1 nitrogen and oxygen atoms in total. The highest BCUT2D eigenvalue weighted by molar-refractivity contribution is 9.10. The van der Waals surface area contributed by atoms with E-state index in [1.807, 2.05) is 11.3 Å². The summed E-state index contributed by atoms with van der Waals surface area (Å²) >= 11 is 5.56. The van der Waals surface area contributed by atoms with E-state index in [2.05, 4.69) is 51.9 Å². The van der Waals surface area contributed by atoms with Crippen molar-refractivity contribution in [2.45, 2.75) is 38.1 Å². The number of benzene rings is 1. The Bertz CT molecular complexity index is 650. The minimum absolute atomic E-state index is 0.511. The highest BCUT2D eigenvalue weighted by Crippen LogP contribution is 2.51. The van der Waals surface area contributed by atoms with Gasteiger partial charge < -0.3 is 5.32 Å². The molecule has 1 aromatic carbocycles. The molecule has 0 spiro atoms. The highest BCUT2D eigenvalue weighted by Gasteiger charge is 2.40. The van der Waals surface area contributed by atoms with Crippen molar-refractivity contribution in [2.24, 2.45) is 17.8 Å². The van der Waals surface area contributed by atoms with Crippen LogP contribution in [0.15, 0.2) is 28.1 Å². The normalized spacial score (nSPS) is 29.3. The third kappa shape index (κ3) is 2.47. The van der Waals surface area contributed by atoms with Crippen molar-refractivity contribution in [2.75, 3.05) is 7.05 Å². The maximum absolute atomic E-state index is 3.69. The van der Waals surface area contributed by atoms with Gasteiger partial charge in [0.2, 0.25) is 0 Å². The summed E-state index contributed by atoms with van der Waals surface area (Å²) in [4.78, 5) is 0. The Kier molecular flexibility index (Phi) is 3.85. The lowest BCUT2D eigenvalue weighted by atomic mass is 9.83. The largest absolute Gasteiger partial charge is 0.313 e. The van der Waals surface area contributed by atoms with Crippen LogP contribution in [0.3, 0.4) is 0 Å². The maximum atomic E-state index is 3.69. The van der Waals surface area contributed by atoms with Gasteiger partial charge in [-0.25, -0.2) is 0 Å². The van der Waals surface area contributed by atoms with Crippen LogP contribution in [0, 0.1) is 17.8 Å². The van der Waals surface area contributed by atoms with Crippen molar-refractivity contribution in [1.82, 2.24) is 5.32 Å². The molecule has 2 saturated carbocycles. The summed E-state index contributed by atoms with van der Waals surface area (Å²) in [5, 5.41) is 7.39. The van der Waals surface area contributed by atoms with Gasteiger partial charge >= 0.3 is 0 Å². The lowest BCUT2D eigenvalue weighted by molar-refractivity contribution is 0.285. The van der Waals surface area contributed by atoms with E-state index in [4.69, 9.17) is 0 Å². The molecule has 1 aromatic heterocycles. The van der Waals surface area contributed by atoms with Gasteiger partial charge in [0.25, 0.3) is 0 Å². The lowest BCUT2D eigenvalue weighted by Crippen LogP contribution is -2.22. The zero-order chi connectivity index (χ0) is 14.4. The third-order valence-corrected chi connectivity index (χ3v) is 7.70. The first kappa shape index (κ1) is 14.2. The number of rotatable bonds is 4. The third-order valence-electron chi connectivity index (χ3n) is 5.73. The van der Waals surface area contributed by atoms with Crippen molar-refractivity contribution >= 4 is 37.4 Å². The molecule has 21 heavy (non-hydrogen) atoms. The van der Waals surface area contributed by atoms with E-state index in [9.17, 15) is 0 Å². The van der Waals surface area contributed by atoms with Gasteiger partial charge in [0, 0.05) is 15.2 Å². The number of halogens is 1. The van der Waals surface area contributed by atoms with Gasteiger partial charge in [-0.05, 0) is 88.8 Å². The van der Waals surface area contributed by atoms with Crippen LogP contribution < -0.4 is 5.32 Å². The van der Waals surface area contributed by atoms with E-state index in [-0.39, 0.29) is 0 Å². The van der Waals surface area contributed by atoms with Gasteiger partial charge in [0.1, 0.15) is 0 Å². The van der Waals surface area contributed by atoms with Crippen molar-refractivity contribution in [1.29, 1.82) is 0 Å². The fourth-order valence-corrected chi connectivity index (χ4v) is 6.36. The first-order valence-corrected chi connectivity index (χ1v) is 9.76. The van der Waals surface area contributed by atoms with Gasteiger partial charge in [-0.1, -0.05) is 18.6 Å². The molecule has 0 saturated heterocycles. The summed E-state index contributed by atoms with van der Waals surface area (Å²) < 4.78 is 2.62. The molecule has 2 bridgehead atoms. The average molecular weight is 364 g/mol. The van der Waals surface area contributed by atoms with Gasteiger partial charge in [-0.15, -0.1) is 11.3 Å². The smallest absolute Gasteiger partial charge is 0.0488 e. The standard InChI is InChI=1S/C18H22BrNS/c1-20-17(9-13-8-11-5-6-12(13)7-11)15-10-21-18-14(15)3-2-4-16(18)19/h2-4,10-13,17,20H,5-9H2,1H3. The monoisotopic (exact) mass is 363 g/mol. The molecule has 3 heteroatoms. The van der Waals surface area contributed by atoms with Crippen LogP contribution in [-0.4, -0.2) is 7.05 Å². The maximum Gasteiger partial charge on any atom is 0.0488 e. The minimum Gasteiger partial charge on any atom is -0.313 e. The summed E-state index contributed by atoms with van der Waals surface area (Å²) in [6.45, 7) is 0. The van der Waals surface area contributed by atoms with Crippen molar-refractivity contribution in [3.63, 3.8) is 0 Å². The number of hydrogen-bond acceptors (Lipinski definition) is 2. The molecule has 0 radical (unpaired) electrons. The summed E-state index contributed by atoms with van der Waals surface area (Å²) in [7, 11) is 2.12. The molecule has 4 unspecified atom stereocenters. The van der Waals surface area contributed by atoms with Crippen LogP contribution in [0.4, 0.5) is 0 Å². The number of nitrogens with one attached hydrogen (secondary N) is 1. The number of hydrogen-bond donors (Lipinski definition) is 1. The summed E-state index contributed by atoms with van der Waals surface area (Å²) in [5.74, 6) is 3.01. The molecule has 112 valence electrons. The van der Waals surface area contributed by atoms with Crippen LogP contribution >= 0.6 is 27.3 Å². The van der Waals surface area contributed by atoms with Crippen LogP contribution in [0.1, 0.15) is 43.7 Å². The second kappa shape index (κ2) is 5.68. The molecular formula is C18H22BrNS. The number of thiophene rings is 1. The molecular weight excluding hydrogens is 342 g/mol. The first-order valence-electron chi connectivity index (χ1n) is 8.09. The first-order chi connectivity index (χ1) is 10.3. The van der Waals surface area contributed by atoms with Gasteiger partial charge in [0.05, 0.1) is 0 Å². The molecule has 0 aliphatic heterocycles. The predicted molar refractivity (Wildman–Crippen MR) is 94.9 cm³/mol. The second-order valence-electron chi connectivity index (χ2n) is 6.82. The Morgan fingerprint density at radius 3 is 2.95 bits per heavy atom. The van der Waals surface area contributed by atoms with Crippen LogP contribution in [-0.2, 0) is 0 Å². The van der Waals surface area contributed by atoms with E-state index < -0.39 is 0 Å². The Hall–Kier alpha value is -0.380. The van der Waals surface area contributed by atoms with Gasteiger partial charge in [0.15, 0.2) is 0 Å².